The smallest absolute Gasteiger partial charge is 0.194 e. The van der Waals surface area contributed by atoms with E-state index in [0.29, 0.717) is 13.1 Å². The quantitative estimate of drug-likeness (QED) is 0.716. The molecule has 0 aliphatic carbocycles. The molecule has 1 heterocycles. The molecular formula is C17H18ClFIN3. The molecule has 1 aliphatic rings. The Kier molecular flexibility index (Phi) is 6.24. The van der Waals surface area contributed by atoms with Crippen LogP contribution in [-0.2, 0) is 6.54 Å². The Morgan fingerprint density at radius 3 is 2.70 bits per heavy atom. The zero-order chi connectivity index (χ0) is 15.5. The lowest BCUT2D eigenvalue weighted by Crippen LogP contribution is -2.36. The number of guanidine groups is 1. The second-order valence-corrected chi connectivity index (χ2v) is 5.78. The third-order valence-corrected chi connectivity index (χ3v) is 4.00. The predicted molar refractivity (Wildman–Crippen MR) is 103 cm³/mol. The lowest BCUT2D eigenvalue weighted by Gasteiger charge is -2.21. The zero-order valence-corrected chi connectivity index (χ0v) is 15.8. The summed E-state index contributed by atoms with van der Waals surface area (Å²) in [6, 6.07) is 15.3. The van der Waals surface area contributed by atoms with Gasteiger partial charge in [-0.2, -0.15) is 0 Å². The molecule has 0 fully saturated rings. The van der Waals surface area contributed by atoms with E-state index >= 15 is 0 Å². The average molecular weight is 446 g/mol. The second kappa shape index (κ2) is 7.97. The van der Waals surface area contributed by atoms with Crippen LogP contribution in [0, 0.1) is 5.82 Å². The van der Waals surface area contributed by atoms with Gasteiger partial charge >= 0.3 is 0 Å². The Hall–Kier alpha value is -1.34. The lowest BCUT2D eigenvalue weighted by molar-refractivity contribution is 0.478. The van der Waals surface area contributed by atoms with E-state index in [2.05, 4.69) is 22.4 Å². The number of rotatable bonds is 3. The van der Waals surface area contributed by atoms with Crippen LogP contribution in [0.5, 0.6) is 0 Å². The van der Waals surface area contributed by atoms with E-state index in [-0.39, 0.29) is 35.0 Å². The minimum atomic E-state index is -0.393. The molecule has 122 valence electrons. The van der Waals surface area contributed by atoms with Gasteiger partial charge in [0, 0.05) is 13.6 Å². The molecule has 0 amide bonds. The molecule has 1 unspecified atom stereocenters. The molecular weight excluding hydrogens is 428 g/mol. The monoisotopic (exact) mass is 445 g/mol. The Morgan fingerprint density at radius 1 is 1.26 bits per heavy atom. The van der Waals surface area contributed by atoms with Crippen LogP contribution in [0.2, 0.25) is 5.02 Å². The zero-order valence-electron chi connectivity index (χ0n) is 12.7. The van der Waals surface area contributed by atoms with Crippen molar-refractivity contribution in [2.75, 3.05) is 13.6 Å². The van der Waals surface area contributed by atoms with Gasteiger partial charge in [-0.15, -0.1) is 24.0 Å². The maximum Gasteiger partial charge on any atom is 0.194 e. The Labute approximate surface area is 157 Å². The van der Waals surface area contributed by atoms with Gasteiger partial charge in [0.1, 0.15) is 5.82 Å². The van der Waals surface area contributed by atoms with Gasteiger partial charge < -0.3 is 10.2 Å². The highest BCUT2D eigenvalue weighted by atomic mass is 127. The minimum absolute atomic E-state index is 0. The number of hydrogen-bond acceptors (Lipinski definition) is 3. The van der Waals surface area contributed by atoms with Crippen LogP contribution in [0.1, 0.15) is 17.2 Å². The molecule has 0 spiro atoms. The lowest BCUT2D eigenvalue weighted by atomic mass is 10.1. The van der Waals surface area contributed by atoms with Crippen molar-refractivity contribution in [2.45, 2.75) is 12.6 Å². The Morgan fingerprint density at radius 2 is 2.00 bits per heavy atom. The highest BCUT2D eigenvalue weighted by Crippen LogP contribution is 2.19. The summed E-state index contributed by atoms with van der Waals surface area (Å²) in [6.07, 6.45) is 0. The first-order valence-corrected chi connectivity index (χ1v) is 7.52. The summed E-state index contributed by atoms with van der Waals surface area (Å²) in [7, 11) is 1.94. The van der Waals surface area contributed by atoms with E-state index in [9.17, 15) is 4.39 Å². The number of halogens is 3. The van der Waals surface area contributed by atoms with Crippen molar-refractivity contribution in [1.29, 1.82) is 0 Å². The molecule has 2 aromatic carbocycles. The van der Waals surface area contributed by atoms with Crippen LogP contribution in [-0.4, -0.2) is 24.5 Å². The molecule has 6 heteroatoms. The third-order valence-electron chi connectivity index (χ3n) is 3.69. The van der Waals surface area contributed by atoms with E-state index < -0.39 is 5.82 Å². The molecule has 0 bridgehead atoms. The molecule has 23 heavy (non-hydrogen) atoms. The maximum absolute atomic E-state index is 13.5. The van der Waals surface area contributed by atoms with Gasteiger partial charge in [-0.25, -0.2) is 4.39 Å². The van der Waals surface area contributed by atoms with Crippen molar-refractivity contribution in [3.05, 3.63) is 70.5 Å². The van der Waals surface area contributed by atoms with Gasteiger partial charge in [-0.1, -0.05) is 48.0 Å². The molecule has 1 atom stereocenters. The summed E-state index contributed by atoms with van der Waals surface area (Å²) in [5.74, 6) is 0.431. The first-order chi connectivity index (χ1) is 10.6. The molecule has 0 aromatic heterocycles. The summed E-state index contributed by atoms with van der Waals surface area (Å²) in [5, 5.41) is 3.55. The van der Waals surface area contributed by atoms with Gasteiger partial charge in [0.2, 0.25) is 0 Å². The molecule has 3 rings (SSSR count). The Bertz CT molecular complexity index is 693. The number of aliphatic imine (C=N–C) groups is 1. The topological polar surface area (TPSA) is 27.6 Å². The van der Waals surface area contributed by atoms with Crippen molar-refractivity contribution >= 4 is 41.5 Å². The first kappa shape index (κ1) is 18.0. The van der Waals surface area contributed by atoms with Crippen molar-refractivity contribution < 1.29 is 4.39 Å². The second-order valence-electron chi connectivity index (χ2n) is 5.38. The van der Waals surface area contributed by atoms with Gasteiger partial charge in [0.15, 0.2) is 5.96 Å². The predicted octanol–water partition coefficient (Wildman–Crippen LogP) is 4.23. The summed E-state index contributed by atoms with van der Waals surface area (Å²) >= 11 is 5.71. The van der Waals surface area contributed by atoms with E-state index in [1.165, 1.54) is 11.6 Å². The average Bonchev–Trinajstić information content (AvgIpc) is 3.02. The first-order valence-electron chi connectivity index (χ1n) is 7.14. The van der Waals surface area contributed by atoms with Crippen molar-refractivity contribution in [3.63, 3.8) is 0 Å². The van der Waals surface area contributed by atoms with Crippen LogP contribution < -0.4 is 5.32 Å². The van der Waals surface area contributed by atoms with Crippen molar-refractivity contribution in [3.8, 4) is 0 Å². The van der Waals surface area contributed by atoms with E-state index in [4.69, 9.17) is 11.6 Å². The molecule has 0 saturated heterocycles. The number of benzene rings is 2. The molecule has 2 aromatic rings. The standard InChI is InChI=1S/C17H17ClFN3.HI/c1-22(11-12-7-8-14(18)15(19)9-12)17-20-10-16(21-17)13-5-3-2-4-6-13;/h2-9,16H,10-11H2,1H3,(H,20,21);1H. The van der Waals surface area contributed by atoms with E-state index in [1.807, 2.05) is 36.2 Å². The SMILES string of the molecule is CN(Cc1ccc(Cl)c(F)c1)C1=NCC(c2ccccc2)N1.I. The van der Waals surface area contributed by atoms with E-state index in [0.717, 1.165) is 11.5 Å². The van der Waals surface area contributed by atoms with Crippen LogP contribution in [0.15, 0.2) is 53.5 Å². The number of hydrogen-bond donors (Lipinski definition) is 1. The number of nitrogens with one attached hydrogen (secondary N) is 1. The van der Waals surface area contributed by atoms with Crippen LogP contribution in [0.25, 0.3) is 0 Å². The fourth-order valence-electron chi connectivity index (χ4n) is 2.52. The largest absolute Gasteiger partial charge is 0.348 e. The normalized spacial score (nSPS) is 16.3. The molecule has 1 aliphatic heterocycles. The minimum Gasteiger partial charge on any atom is -0.348 e. The molecule has 0 radical (unpaired) electrons. The molecule has 3 nitrogen and oxygen atoms in total. The summed E-state index contributed by atoms with van der Waals surface area (Å²) in [6.45, 7) is 1.28. The Balaban J connectivity index is 0.00000192. The van der Waals surface area contributed by atoms with Crippen LogP contribution >= 0.6 is 35.6 Å². The maximum atomic E-state index is 13.5. The molecule has 1 N–H and O–H groups in total. The van der Waals surface area contributed by atoms with Gasteiger partial charge in [0.25, 0.3) is 0 Å². The third kappa shape index (κ3) is 4.35. The van der Waals surface area contributed by atoms with Crippen LogP contribution in [0.4, 0.5) is 4.39 Å². The fraction of sp³-hybridized carbons (Fsp3) is 0.235. The highest BCUT2D eigenvalue weighted by Gasteiger charge is 2.21. The summed E-state index contributed by atoms with van der Waals surface area (Å²) < 4.78 is 13.5. The highest BCUT2D eigenvalue weighted by molar-refractivity contribution is 14.0. The summed E-state index contributed by atoms with van der Waals surface area (Å²) in [5.41, 5.74) is 2.07. The molecule has 0 saturated carbocycles. The fourth-order valence-corrected chi connectivity index (χ4v) is 2.63. The van der Waals surface area contributed by atoms with E-state index in [1.54, 1.807) is 6.07 Å². The van der Waals surface area contributed by atoms with Gasteiger partial charge in [0.05, 0.1) is 17.6 Å². The van der Waals surface area contributed by atoms with Crippen LogP contribution in [0.3, 0.4) is 0 Å². The van der Waals surface area contributed by atoms with Gasteiger partial charge in [-0.05, 0) is 23.3 Å². The van der Waals surface area contributed by atoms with Gasteiger partial charge in [-0.3, -0.25) is 4.99 Å². The van der Waals surface area contributed by atoms with Crippen molar-refractivity contribution in [2.24, 2.45) is 4.99 Å². The number of nitrogens with zero attached hydrogens (tertiary/aromatic N) is 2. The summed E-state index contributed by atoms with van der Waals surface area (Å²) in [4.78, 5) is 6.52. The van der Waals surface area contributed by atoms with Crippen molar-refractivity contribution in [1.82, 2.24) is 10.2 Å².